The molecule has 0 spiro atoms. The van der Waals surface area contributed by atoms with Crippen LogP contribution in [-0.2, 0) is 6.54 Å². The van der Waals surface area contributed by atoms with E-state index in [2.05, 4.69) is 29.0 Å². The van der Waals surface area contributed by atoms with Crippen molar-refractivity contribution in [2.24, 2.45) is 10.9 Å². The van der Waals surface area contributed by atoms with Crippen molar-refractivity contribution in [2.45, 2.75) is 39.7 Å². The molecule has 1 aromatic carbocycles. The average molecular weight is 476 g/mol. The van der Waals surface area contributed by atoms with Gasteiger partial charge in [-0.05, 0) is 69.4 Å². The first-order chi connectivity index (χ1) is 12.1. The monoisotopic (exact) mass is 476 g/mol. The molecule has 1 heterocycles. The van der Waals surface area contributed by atoms with Crippen LogP contribution in [0.25, 0.3) is 0 Å². The fourth-order valence-electron chi connectivity index (χ4n) is 3.40. The van der Waals surface area contributed by atoms with Crippen LogP contribution in [0.15, 0.2) is 29.3 Å². The molecule has 1 saturated heterocycles. The Morgan fingerprint density at radius 1 is 1.31 bits per heavy atom. The van der Waals surface area contributed by atoms with Gasteiger partial charge in [0.15, 0.2) is 5.96 Å². The van der Waals surface area contributed by atoms with Gasteiger partial charge < -0.3 is 15.1 Å². The van der Waals surface area contributed by atoms with Crippen molar-refractivity contribution >= 4 is 29.9 Å². The molecule has 0 amide bonds. The van der Waals surface area contributed by atoms with E-state index in [0.717, 1.165) is 37.0 Å². The Morgan fingerprint density at radius 3 is 2.65 bits per heavy atom. The molecular formula is C20H34FIN4. The largest absolute Gasteiger partial charge is 0.357 e. The van der Waals surface area contributed by atoms with Gasteiger partial charge in [0.05, 0.1) is 0 Å². The molecule has 1 N–H and O–H groups in total. The standard InChI is InChI=1S/C20H33FN4.HI/c1-4-22-20(24(3)16-18-7-6-8-19(21)15-18)23-12-9-17-10-13-25(5-2)14-11-17;/h6-8,15,17H,4-5,9-14,16H2,1-3H3,(H,22,23);1H. The van der Waals surface area contributed by atoms with Crippen molar-refractivity contribution in [3.05, 3.63) is 35.6 Å². The molecule has 1 aliphatic heterocycles. The lowest BCUT2D eigenvalue weighted by atomic mass is 9.94. The zero-order valence-corrected chi connectivity index (χ0v) is 18.7. The number of rotatable bonds is 7. The minimum Gasteiger partial charge on any atom is -0.357 e. The SMILES string of the molecule is CCNC(=NCCC1CCN(CC)CC1)N(C)Cc1cccc(F)c1.I. The number of benzene rings is 1. The number of guanidine groups is 1. The Labute approximate surface area is 175 Å². The highest BCUT2D eigenvalue weighted by Crippen LogP contribution is 2.20. The minimum absolute atomic E-state index is 0. The van der Waals surface area contributed by atoms with Crippen LogP contribution < -0.4 is 5.32 Å². The summed E-state index contributed by atoms with van der Waals surface area (Å²) < 4.78 is 13.4. The maximum absolute atomic E-state index is 13.4. The Kier molecular flexibility index (Phi) is 11.1. The van der Waals surface area contributed by atoms with Gasteiger partial charge in [0.1, 0.15) is 5.82 Å². The summed E-state index contributed by atoms with van der Waals surface area (Å²) in [6, 6.07) is 6.77. The third kappa shape index (κ3) is 7.78. The van der Waals surface area contributed by atoms with E-state index in [0.29, 0.717) is 6.54 Å². The number of likely N-dealkylation sites (tertiary alicyclic amines) is 1. The van der Waals surface area contributed by atoms with Gasteiger partial charge in [0, 0.05) is 26.7 Å². The summed E-state index contributed by atoms with van der Waals surface area (Å²) in [4.78, 5) is 9.38. The topological polar surface area (TPSA) is 30.9 Å². The smallest absolute Gasteiger partial charge is 0.193 e. The molecule has 4 nitrogen and oxygen atoms in total. The van der Waals surface area contributed by atoms with Crippen molar-refractivity contribution in [3.8, 4) is 0 Å². The molecule has 148 valence electrons. The number of aliphatic imine (C=N–C) groups is 1. The van der Waals surface area contributed by atoms with Crippen molar-refractivity contribution in [2.75, 3.05) is 39.8 Å². The van der Waals surface area contributed by atoms with Crippen LogP contribution in [0.5, 0.6) is 0 Å². The third-order valence-corrected chi connectivity index (χ3v) is 4.96. The van der Waals surface area contributed by atoms with Crippen LogP contribution in [0.1, 0.15) is 38.7 Å². The van der Waals surface area contributed by atoms with Crippen molar-refractivity contribution < 1.29 is 4.39 Å². The van der Waals surface area contributed by atoms with Crippen LogP contribution in [-0.4, -0.2) is 55.5 Å². The minimum atomic E-state index is -0.189. The zero-order chi connectivity index (χ0) is 18.1. The third-order valence-electron chi connectivity index (χ3n) is 4.96. The first-order valence-corrected chi connectivity index (χ1v) is 9.58. The van der Waals surface area contributed by atoms with Gasteiger partial charge in [-0.2, -0.15) is 0 Å². The highest BCUT2D eigenvalue weighted by atomic mass is 127. The lowest BCUT2D eigenvalue weighted by molar-refractivity contribution is 0.188. The van der Waals surface area contributed by atoms with E-state index in [-0.39, 0.29) is 29.8 Å². The van der Waals surface area contributed by atoms with Gasteiger partial charge in [0.2, 0.25) is 0 Å². The number of piperidine rings is 1. The predicted octanol–water partition coefficient (Wildman–Crippen LogP) is 3.96. The number of hydrogen-bond acceptors (Lipinski definition) is 2. The molecule has 0 aliphatic carbocycles. The van der Waals surface area contributed by atoms with Gasteiger partial charge in [-0.1, -0.05) is 19.1 Å². The normalized spacial score (nSPS) is 16.2. The number of hydrogen-bond donors (Lipinski definition) is 1. The first-order valence-electron chi connectivity index (χ1n) is 9.58. The summed E-state index contributed by atoms with van der Waals surface area (Å²) in [6.45, 7) is 10.3. The molecule has 0 unspecified atom stereocenters. The lowest BCUT2D eigenvalue weighted by Gasteiger charge is -2.30. The molecular weight excluding hydrogens is 442 g/mol. The molecule has 2 rings (SSSR count). The molecule has 1 aromatic rings. The van der Waals surface area contributed by atoms with Crippen LogP contribution in [0.3, 0.4) is 0 Å². The van der Waals surface area contributed by atoms with Gasteiger partial charge in [-0.25, -0.2) is 4.39 Å². The maximum atomic E-state index is 13.4. The number of nitrogens with zero attached hydrogens (tertiary/aromatic N) is 3. The van der Waals surface area contributed by atoms with Gasteiger partial charge in [-0.3, -0.25) is 4.99 Å². The second kappa shape index (κ2) is 12.5. The second-order valence-corrected chi connectivity index (χ2v) is 6.89. The van der Waals surface area contributed by atoms with Crippen molar-refractivity contribution in [3.63, 3.8) is 0 Å². The van der Waals surface area contributed by atoms with Crippen molar-refractivity contribution in [1.29, 1.82) is 0 Å². The molecule has 26 heavy (non-hydrogen) atoms. The molecule has 0 radical (unpaired) electrons. The highest BCUT2D eigenvalue weighted by Gasteiger charge is 2.17. The van der Waals surface area contributed by atoms with E-state index in [1.807, 2.05) is 13.1 Å². The molecule has 0 bridgehead atoms. The van der Waals surface area contributed by atoms with E-state index in [1.54, 1.807) is 12.1 Å². The van der Waals surface area contributed by atoms with E-state index in [1.165, 1.54) is 38.5 Å². The van der Waals surface area contributed by atoms with Crippen LogP contribution in [0.4, 0.5) is 4.39 Å². The maximum Gasteiger partial charge on any atom is 0.193 e. The highest BCUT2D eigenvalue weighted by molar-refractivity contribution is 14.0. The fraction of sp³-hybridized carbons (Fsp3) is 0.650. The van der Waals surface area contributed by atoms with E-state index >= 15 is 0 Å². The van der Waals surface area contributed by atoms with Crippen molar-refractivity contribution in [1.82, 2.24) is 15.1 Å². The Balaban J connectivity index is 0.00000338. The first kappa shape index (κ1) is 23.1. The van der Waals surface area contributed by atoms with Crippen LogP contribution >= 0.6 is 24.0 Å². The lowest BCUT2D eigenvalue weighted by Crippen LogP contribution is -2.38. The Hall–Kier alpha value is -0.890. The second-order valence-electron chi connectivity index (χ2n) is 6.89. The molecule has 1 aliphatic rings. The quantitative estimate of drug-likeness (QED) is 0.367. The summed E-state index contributed by atoms with van der Waals surface area (Å²) in [5.74, 6) is 1.51. The molecule has 1 fully saturated rings. The van der Waals surface area contributed by atoms with E-state index in [4.69, 9.17) is 4.99 Å². The summed E-state index contributed by atoms with van der Waals surface area (Å²) in [5, 5.41) is 3.35. The van der Waals surface area contributed by atoms with Gasteiger partial charge >= 0.3 is 0 Å². The van der Waals surface area contributed by atoms with Gasteiger partial charge in [-0.15, -0.1) is 24.0 Å². The summed E-state index contributed by atoms with van der Waals surface area (Å²) in [5.41, 5.74) is 0.958. The van der Waals surface area contributed by atoms with Crippen LogP contribution in [0.2, 0.25) is 0 Å². The van der Waals surface area contributed by atoms with E-state index < -0.39 is 0 Å². The summed E-state index contributed by atoms with van der Waals surface area (Å²) in [6.07, 6.45) is 3.73. The van der Waals surface area contributed by atoms with Gasteiger partial charge in [0.25, 0.3) is 0 Å². The molecule has 0 aromatic heterocycles. The molecule has 6 heteroatoms. The summed E-state index contributed by atoms with van der Waals surface area (Å²) >= 11 is 0. The fourth-order valence-corrected chi connectivity index (χ4v) is 3.40. The van der Waals surface area contributed by atoms with E-state index in [9.17, 15) is 4.39 Å². The van der Waals surface area contributed by atoms with Crippen LogP contribution in [0, 0.1) is 11.7 Å². The number of halogens is 2. The average Bonchev–Trinajstić information content (AvgIpc) is 2.61. The summed E-state index contributed by atoms with van der Waals surface area (Å²) in [7, 11) is 2.01. The predicted molar refractivity (Wildman–Crippen MR) is 119 cm³/mol. The Bertz CT molecular complexity index is 544. The molecule has 0 atom stereocenters. The number of nitrogens with one attached hydrogen (secondary N) is 1. The zero-order valence-electron chi connectivity index (χ0n) is 16.4. The molecule has 0 saturated carbocycles. The Morgan fingerprint density at radius 2 is 2.04 bits per heavy atom.